The Bertz CT molecular complexity index is 1160. The quantitative estimate of drug-likeness (QED) is 0.319. The third-order valence-corrected chi connectivity index (χ3v) is 6.51. The van der Waals surface area contributed by atoms with E-state index in [9.17, 15) is 23.4 Å². The zero-order valence-corrected chi connectivity index (χ0v) is 19.7. The summed E-state index contributed by atoms with van der Waals surface area (Å²) < 4.78 is 25.6. The van der Waals surface area contributed by atoms with Crippen molar-refractivity contribution in [3.63, 3.8) is 0 Å². The monoisotopic (exact) mass is 514 g/mol. The highest BCUT2D eigenvalue weighted by Crippen LogP contribution is 2.26. The standard InChI is InChI=1S/C22H22N2O6S.2ClH/c25-20-8-7-18(12-19(20)22(27)28)31(29,30)17-5-3-15(4-6-17)9-11-24-14-21(26)16-2-1-10-23-13-16;;/h1-8,10,12-13,21,24-26H,9,11,14H2,(H,27,28);2*1H/t21-;;/m0../s1. The molecule has 1 aromatic heterocycles. The van der Waals surface area contributed by atoms with E-state index < -0.39 is 33.2 Å². The Kier molecular flexibility index (Phi) is 10.8. The van der Waals surface area contributed by atoms with Crippen LogP contribution in [0, 0.1) is 0 Å². The Labute approximate surface area is 204 Å². The number of aromatic hydroxyl groups is 1. The van der Waals surface area contributed by atoms with E-state index in [0.29, 0.717) is 19.5 Å². The van der Waals surface area contributed by atoms with Crippen molar-refractivity contribution in [3.8, 4) is 5.75 Å². The average molecular weight is 515 g/mol. The number of hydrogen-bond acceptors (Lipinski definition) is 7. The van der Waals surface area contributed by atoms with E-state index in [4.69, 9.17) is 5.11 Å². The van der Waals surface area contributed by atoms with Gasteiger partial charge in [-0.25, -0.2) is 13.2 Å². The number of hydrogen-bond donors (Lipinski definition) is 4. The number of carbonyl (C=O) groups is 1. The minimum atomic E-state index is -3.92. The van der Waals surface area contributed by atoms with E-state index in [1.807, 2.05) is 0 Å². The van der Waals surface area contributed by atoms with Crippen LogP contribution in [0.25, 0.3) is 0 Å². The lowest BCUT2D eigenvalue weighted by Crippen LogP contribution is -2.23. The molecule has 33 heavy (non-hydrogen) atoms. The number of aliphatic hydroxyl groups is 1. The van der Waals surface area contributed by atoms with E-state index in [-0.39, 0.29) is 34.6 Å². The fraction of sp³-hybridized carbons (Fsp3) is 0.182. The third kappa shape index (κ3) is 7.15. The lowest BCUT2D eigenvalue weighted by Gasteiger charge is -2.12. The van der Waals surface area contributed by atoms with Gasteiger partial charge < -0.3 is 20.6 Å². The van der Waals surface area contributed by atoms with Crippen LogP contribution in [0.1, 0.15) is 27.6 Å². The summed E-state index contributed by atoms with van der Waals surface area (Å²) in [5, 5.41) is 31.9. The normalized spacial score (nSPS) is 11.7. The summed E-state index contributed by atoms with van der Waals surface area (Å²) in [5.74, 6) is -1.91. The Balaban J connectivity index is 0.00000272. The molecule has 0 spiro atoms. The second-order valence-electron chi connectivity index (χ2n) is 6.89. The summed E-state index contributed by atoms with van der Waals surface area (Å²) in [6.07, 6.45) is 3.21. The van der Waals surface area contributed by atoms with Crippen LogP contribution in [0.4, 0.5) is 0 Å². The number of sulfone groups is 1. The number of nitrogens with zero attached hydrogens (tertiary/aromatic N) is 1. The van der Waals surface area contributed by atoms with Crippen molar-refractivity contribution < 1.29 is 28.5 Å². The third-order valence-electron chi connectivity index (χ3n) is 4.74. The molecular weight excluding hydrogens is 491 g/mol. The molecule has 1 heterocycles. The Morgan fingerprint density at radius 1 is 1.03 bits per heavy atom. The summed E-state index contributed by atoms with van der Waals surface area (Å²) in [7, 11) is -3.92. The molecule has 0 radical (unpaired) electrons. The van der Waals surface area contributed by atoms with Crippen molar-refractivity contribution in [2.45, 2.75) is 22.3 Å². The molecule has 0 fully saturated rings. The van der Waals surface area contributed by atoms with Gasteiger partial charge >= 0.3 is 5.97 Å². The van der Waals surface area contributed by atoms with Gasteiger partial charge in [-0.05, 0) is 54.9 Å². The minimum Gasteiger partial charge on any atom is -0.507 e. The molecule has 3 aromatic rings. The van der Waals surface area contributed by atoms with Crippen LogP contribution < -0.4 is 5.32 Å². The number of pyridine rings is 1. The lowest BCUT2D eigenvalue weighted by molar-refractivity contribution is 0.0693. The molecule has 0 saturated heterocycles. The van der Waals surface area contributed by atoms with Gasteiger partial charge in [0.25, 0.3) is 0 Å². The molecule has 4 N–H and O–H groups in total. The zero-order chi connectivity index (χ0) is 22.4. The molecule has 3 rings (SSSR count). The molecule has 0 aliphatic carbocycles. The van der Waals surface area contributed by atoms with Gasteiger partial charge in [0.1, 0.15) is 11.3 Å². The first-order valence-electron chi connectivity index (χ1n) is 9.48. The Morgan fingerprint density at radius 3 is 2.30 bits per heavy atom. The van der Waals surface area contributed by atoms with Crippen molar-refractivity contribution >= 4 is 40.6 Å². The summed E-state index contributed by atoms with van der Waals surface area (Å²) in [6.45, 7) is 0.953. The van der Waals surface area contributed by atoms with E-state index in [2.05, 4.69) is 10.3 Å². The maximum atomic E-state index is 12.8. The number of halogens is 2. The molecule has 0 unspecified atom stereocenters. The molecule has 1 atom stereocenters. The predicted octanol–water partition coefficient (Wildman–Crippen LogP) is 3.03. The molecule has 8 nitrogen and oxygen atoms in total. The van der Waals surface area contributed by atoms with Gasteiger partial charge in [0.05, 0.1) is 15.9 Å². The van der Waals surface area contributed by atoms with Gasteiger partial charge in [-0.2, -0.15) is 0 Å². The van der Waals surface area contributed by atoms with E-state index in [1.54, 1.807) is 36.7 Å². The number of carboxylic acid groups (broad SMARTS) is 1. The van der Waals surface area contributed by atoms with Crippen LogP contribution in [0.2, 0.25) is 0 Å². The minimum absolute atomic E-state index is 0. The molecule has 2 aromatic carbocycles. The topological polar surface area (TPSA) is 137 Å². The largest absolute Gasteiger partial charge is 0.507 e. The van der Waals surface area contributed by atoms with Gasteiger partial charge in [0.2, 0.25) is 9.84 Å². The molecular formula is C22H24Cl2N2O6S. The first-order chi connectivity index (χ1) is 14.8. The predicted molar refractivity (Wildman–Crippen MR) is 127 cm³/mol. The maximum Gasteiger partial charge on any atom is 0.339 e. The smallest absolute Gasteiger partial charge is 0.339 e. The Morgan fingerprint density at radius 2 is 1.70 bits per heavy atom. The van der Waals surface area contributed by atoms with Crippen LogP contribution in [-0.2, 0) is 16.3 Å². The number of aliphatic hydroxyl groups excluding tert-OH is 1. The molecule has 0 aliphatic heterocycles. The Hall–Kier alpha value is -2.69. The molecule has 178 valence electrons. The fourth-order valence-electron chi connectivity index (χ4n) is 2.99. The highest BCUT2D eigenvalue weighted by Gasteiger charge is 2.21. The van der Waals surface area contributed by atoms with Crippen molar-refractivity contribution in [1.82, 2.24) is 10.3 Å². The second-order valence-corrected chi connectivity index (χ2v) is 8.84. The van der Waals surface area contributed by atoms with Gasteiger partial charge in [-0.15, -0.1) is 24.8 Å². The molecule has 11 heteroatoms. The summed E-state index contributed by atoms with van der Waals surface area (Å²) in [4.78, 5) is 14.9. The number of aromatic nitrogens is 1. The van der Waals surface area contributed by atoms with Gasteiger partial charge in [0, 0.05) is 24.5 Å². The fourth-order valence-corrected chi connectivity index (χ4v) is 4.27. The van der Waals surface area contributed by atoms with Crippen LogP contribution in [0.3, 0.4) is 0 Å². The summed E-state index contributed by atoms with van der Waals surface area (Å²) >= 11 is 0. The van der Waals surface area contributed by atoms with Crippen LogP contribution in [-0.4, -0.2) is 47.8 Å². The zero-order valence-electron chi connectivity index (χ0n) is 17.3. The average Bonchev–Trinajstić information content (AvgIpc) is 2.77. The maximum absolute atomic E-state index is 12.8. The first-order valence-corrected chi connectivity index (χ1v) is 11.0. The summed E-state index contributed by atoms with van der Waals surface area (Å²) in [6, 6.07) is 13.0. The van der Waals surface area contributed by atoms with Crippen molar-refractivity contribution in [1.29, 1.82) is 0 Å². The van der Waals surface area contributed by atoms with Crippen LogP contribution in [0.5, 0.6) is 5.75 Å². The molecule has 0 saturated carbocycles. The number of rotatable bonds is 9. The number of phenols is 1. The van der Waals surface area contributed by atoms with Crippen molar-refractivity contribution in [3.05, 3.63) is 83.7 Å². The van der Waals surface area contributed by atoms with E-state index in [0.717, 1.165) is 23.3 Å². The van der Waals surface area contributed by atoms with Crippen LogP contribution >= 0.6 is 24.8 Å². The number of aromatic carboxylic acids is 1. The van der Waals surface area contributed by atoms with Crippen molar-refractivity contribution in [2.24, 2.45) is 0 Å². The van der Waals surface area contributed by atoms with E-state index in [1.165, 1.54) is 18.2 Å². The second kappa shape index (κ2) is 12.5. The van der Waals surface area contributed by atoms with Gasteiger partial charge in [0.15, 0.2) is 0 Å². The van der Waals surface area contributed by atoms with Gasteiger partial charge in [-0.1, -0.05) is 18.2 Å². The molecule has 0 aliphatic rings. The van der Waals surface area contributed by atoms with Gasteiger partial charge in [-0.3, -0.25) is 4.98 Å². The number of nitrogens with one attached hydrogen (secondary N) is 1. The highest BCUT2D eigenvalue weighted by molar-refractivity contribution is 7.91. The van der Waals surface area contributed by atoms with Crippen LogP contribution in [0.15, 0.2) is 76.8 Å². The SMILES string of the molecule is Cl.Cl.O=C(O)c1cc(S(=O)(=O)c2ccc(CCNC[C@H](O)c3cccnc3)cc2)ccc1O. The number of benzene rings is 2. The van der Waals surface area contributed by atoms with Crippen molar-refractivity contribution in [2.75, 3.05) is 13.1 Å². The molecule has 0 bridgehead atoms. The van der Waals surface area contributed by atoms with E-state index >= 15 is 0 Å². The molecule has 0 amide bonds. The lowest BCUT2D eigenvalue weighted by atomic mass is 10.1. The highest BCUT2D eigenvalue weighted by atomic mass is 35.5. The first kappa shape index (κ1) is 28.3. The number of carboxylic acids is 1. The summed E-state index contributed by atoms with van der Waals surface area (Å²) in [5.41, 5.74) is 1.15.